The maximum Gasteiger partial charge on any atom is 0.265 e. The Hall–Kier alpha value is -2.51. The summed E-state index contributed by atoms with van der Waals surface area (Å²) in [5.74, 6) is 2.01. The molecule has 1 saturated heterocycles. The Labute approximate surface area is 187 Å². The van der Waals surface area contributed by atoms with E-state index >= 15 is 0 Å². The lowest BCUT2D eigenvalue weighted by molar-refractivity contribution is -0.121. The van der Waals surface area contributed by atoms with Crippen LogP contribution in [-0.2, 0) is 4.79 Å². The van der Waals surface area contributed by atoms with Gasteiger partial charge in [0.15, 0.2) is 11.5 Å². The number of hydrogen-bond acceptors (Lipinski definition) is 6. The summed E-state index contributed by atoms with van der Waals surface area (Å²) < 4.78 is 17.9. The summed E-state index contributed by atoms with van der Waals surface area (Å²) in [7, 11) is 3.28. The first-order valence-electron chi connectivity index (χ1n) is 9.62. The first kappa shape index (κ1) is 22.2. The minimum Gasteiger partial charge on any atom is -0.493 e. The lowest BCUT2D eigenvalue weighted by atomic mass is 10.1. The molecule has 0 N–H and O–H groups in total. The van der Waals surface area contributed by atoms with Gasteiger partial charge in [-0.15, -0.1) is 0 Å². The van der Waals surface area contributed by atoms with Crippen LogP contribution >= 0.6 is 24.0 Å². The van der Waals surface area contributed by atoms with Crippen LogP contribution < -0.4 is 14.2 Å². The van der Waals surface area contributed by atoms with Crippen LogP contribution in [0.3, 0.4) is 0 Å². The van der Waals surface area contributed by atoms with E-state index in [1.54, 1.807) is 20.2 Å². The van der Waals surface area contributed by atoms with Gasteiger partial charge in [0.1, 0.15) is 10.1 Å². The van der Waals surface area contributed by atoms with E-state index in [9.17, 15) is 4.79 Å². The van der Waals surface area contributed by atoms with Gasteiger partial charge in [0.05, 0.1) is 25.2 Å². The monoisotopic (exact) mass is 443 g/mol. The second-order valence-corrected chi connectivity index (χ2v) is 8.54. The minimum absolute atomic E-state index is 0.110. The van der Waals surface area contributed by atoms with E-state index in [0.717, 1.165) is 16.9 Å². The molecule has 2 aromatic carbocycles. The van der Waals surface area contributed by atoms with E-state index in [1.807, 2.05) is 30.3 Å². The summed E-state index contributed by atoms with van der Waals surface area (Å²) in [4.78, 5) is 14.4. The maximum atomic E-state index is 12.3. The van der Waals surface area contributed by atoms with Crippen molar-refractivity contribution >= 4 is 40.3 Å². The number of hydrogen-bond donors (Lipinski definition) is 0. The molecule has 0 saturated carbocycles. The van der Waals surface area contributed by atoms with Crippen LogP contribution in [0.5, 0.6) is 17.2 Å². The normalized spacial score (nSPS) is 15.1. The zero-order valence-electron chi connectivity index (χ0n) is 17.6. The third kappa shape index (κ3) is 4.96. The van der Waals surface area contributed by atoms with Crippen molar-refractivity contribution in [2.75, 3.05) is 27.4 Å². The molecule has 1 aliphatic rings. The number of amides is 1. The molecule has 3 rings (SSSR count). The smallest absolute Gasteiger partial charge is 0.265 e. The molecule has 2 aromatic rings. The molecule has 0 bridgehead atoms. The highest BCUT2D eigenvalue weighted by atomic mass is 32.2. The fourth-order valence-electron chi connectivity index (χ4n) is 2.94. The molecule has 1 aliphatic heterocycles. The number of likely N-dealkylation sites (N-methyl/N-ethyl adjacent to an activating group) is 1. The summed E-state index contributed by atoms with van der Waals surface area (Å²) in [5, 5.41) is 0. The predicted octanol–water partition coefficient (Wildman–Crippen LogP) is 4.99. The second-order valence-electron chi connectivity index (χ2n) is 6.87. The number of nitrogens with zero attached hydrogens (tertiary/aromatic N) is 1. The third-order valence-corrected chi connectivity index (χ3v) is 6.33. The molecule has 7 heteroatoms. The first-order chi connectivity index (χ1) is 14.4. The van der Waals surface area contributed by atoms with Crippen LogP contribution in [0.4, 0.5) is 0 Å². The SMILES string of the molecule is COc1cccc(/C=C2\SC(=S)N(C)C2=O)c1OCCCOc1cccc(C)c1C. The molecule has 1 heterocycles. The van der Waals surface area contributed by atoms with Gasteiger partial charge in [-0.1, -0.05) is 48.2 Å². The highest BCUT2D eigenvalue weighted by Crippen LogP contribution is 2.37. The van der Waals surface area contributed by atoms with Crippen molar-refractivity contribution in [2.24, 2.45) is 0 Å². The van der Waals surface area contributed by atoms with Crippen molar-refractivity contribution in [2.45, 2.75) is 20.3 Å². The van der Waals surface area contributed by atoms with Crippen LogP contribution in [-0.4, -0.2) is 42.5 Å². The molecular weight excluding hydrogens is 418 g/mol. The Morgan fingerprint density at radius 2 is 1.77 bits per heavy atom. The average Bonchev–Trinajstić information content (AvgIpc) is 2.98. The Morgan fingerprint density at radius 3 is 2.47 bits per heavy atom. The molecule has 158 valence electrons. The van der Waals surface area contributed by atoms with Gasteiger partial charge in [-0.25, -0.2) is 0 Å². The number of ether oxygens (including phenoxy) is 3. The zero-order chi connectivity index (χ0) is 21.7. The van der Waals surface area contributed by atoms with E-state index in [4.69, 9.17) is 26.4 Å². The van der Waals surface area contributed by atoms with Crippen LogP contribution in [0.1, 0.15) is 23.1 Å². The molecule has 5 nitrogen and oxygen atoms in total. The van der Waals surface area contributed by atoms with Gasteiger partial charge in [-0.2, -0.15) is 0 Å². The minimum atomic E-state index is -0.110. The van der Waals surface area contributed by atoms with Gasteiger partial charge in [0.2, 0.25) is 0 Å². The van der Waals surface area contributed by atoms with Crippen LogP contribution in [0.25, 0.3) is 6.08 Å². The number of carbonyl (C=O) groups excluding carboxylic acids is 1. The van der Waals surface area contributed by atoms with Gasteiger partial charge in [0, 0.05) is 19.0 Å². The van der Waals surface area contributed by atoms with Crippen molar-refractivity contribution in [3.8, 4) is 17.2 Å². The van der Waals surface area contributed by atoms with Gasteiger partial charge in [-0.05, 0) is 43.2 Å². The average molecular weight is 444 g/mol. The highest BCUT2D eigenvalue weighted by Gasteiger charge is 2.29. The fourth-order valence-corrected chi connectivity index (χ4v) is 4.11. The topological polar surface area (TPSA) is 48.0 Å². The summed E-state index contributed by atoms with van der Waals surface area (Å²) in [6.45, 7) is 5.13. The third-order valence-electron chi connectivity index (χ3n) is 4.85. The van der Waals surface area contributed by atoms with Crippen LogP contribution in [0.15, 0.2) is 41.3 Å². The number of thiocarbonyl (C=S) groups is 1. The Morgan fingerprint density at radius 1 is 1.07 bits per heavy atom. The molecule has 1 amide bonds. The second kappa shape index (κ2) is 10.00. The quantitative estimate of drug-likeness (QED) is 0.325. The van der Waals surface area contributed by atoms with E-state index < -0.39 is 0 Å². The molecule has 0 aromatic heterocycles. The Kier molecular flexibility index (Phi) is 7.39. The summed E-state index contributed by atoms with van der Waals surface area (Å²) in [5.41, 5.74) is 3.14. The lowest BCUT2D eigenvalue weighted by Gasteiger charge is -2.14. The van der Waals surface area contributed by atoms with Gasteiger partial charge in [-0.3, -0.25) is 9.69 Å². The van der Waals surface area contributed by atoms with E-state index in [2.05, 4.69) is 19.9 Å². The molecule has 0 radical (unpaired) electrons. The highest BCUT2D eigenvalue weighted by molar-refractivity contribution is 8.26. The van der Waals surface area contributed by atoms with Crippen molar-refractivity contribution in [1.82, 2.24) is 4.90 Å². The summed E-state index contributed by atoms with van der Waals surface area (Å²) >= 11 is 6.49. The summed E-state index contributed by atoms with van der Waals surface area (Å²) in [6.07, 6.45) is 2.51. The molecular formula is C23H25NO4S2. The number of rotatable bonds is 8. The standard InChI is InChI=1S/C23H25NO4S2/c1-15-8-5-10-18(16(15)2)27-12-7-13-28-21-17(9-6-11-19(21)26-4)14-20-22(25)24(3)23(29)30-20/h5-6,8-11,14H,7,12-13H2,1-4H3/b20-14-. The zero-order valence-corrected chi connectivity index (χ0v) is 19.2. The molecule has 1 fully saturated rings. The first-order valence-corrected chi connectivity index (χ1v) is 10.8. The summed E-state index contributed by atoms with van der Waals surface area (Å²) in [6, 6.07) is 11.6. The number of methoxy groups -OCH3 is 1. The molecule has 0 atom stereocenters. The van der Waals surface area contributed by atoms with E-state index in [0.29, 0.717) is 40.4 Å². The number of benzene rings is 2. The fraction of sp³-hybridized carbons (Fsp3) is 0.304. The predicted molar refractivity (Wildman–Crippen MR) is 125 cm³/mol. The van der Waals surface area contributed by atoms with Crippen LogP contribution in [0, 0.1) is 13.8 Å². The van der Waals surface area contributed by atoms with Gasteiger partial charge < -0.3 is 14.2 Å². The molecule has 0 unspecified atom stereocenters. The molecule has 30 heavy (non-hydrogen) atoms. The van der Waals surface area contributed by atoms with Gasteiger partial charge in [0.25, 0.3) is 5.91 Å². The van der Waals surface area contributed by atoms with Crippen molar-refractivity contribution in [3.05, 3.63) is 58.0 Å². The number of thioether (sulfide) groups is 1. The van der Waals surface area contributed by atoms with Gasteiger partial charge >= 0.3 is 0 Å². The molecule has 0 spiro atoms. The van der Waals surface area contributed by atoms with Crippen LogP contribution in [0.2, 0.25) is 0 Å². The number of carbonyl (C=O) groups is 1. The molecule has 0 aliphatic carbocycles. The van der Waals surface area contributed by atoms with Crippen molar-refractivity contribution in [1.29, 1.82) is 0 Å². The van der Waals surface area contributed by atoms with Crippen molar-refractivity contribution in [3.63, 3.8) is 0 Å². The maximum absolute atomic E-state index is 12.3. The lowest BCUT2D eigenvalue weighted by Crippen LogP contribution is -2.22. The van der Waals surface area contributed by atoms with E-state index in [1.165, 1.54) is 22.2 Å². The Balaban J connectivity index is 1.66. The largest absolute Gasteiger partial charge is 0.493 e. The van der Waals surface area contributed by atoms with Crippen molar-refractivity contribution < 1.29 is 19.0 Å². The Bertz CT molecular complexity index is 987. The number of aryl methyl sites for hydroxylation is 1. The van der Waals surface area contributed by atoms with E-state index in [-0.39, 0.29) is 5.91 Å². The number of para-hydroxylation sites is 1.